The van der Waals surface area contributed by atoms with Gasteiger partial charge in [0, 0.05) is 32.2 Å². The number of nitrogens with zero attached hydrogens (tertiary/aromatic N) is 2. The highest BCUT2D eigenvalue weighted by atomic mass is 32.2. The van der Waals surface area contributed by atoms with E-state index in [1.54, 1.807) is 0 Å². The van der Waals surface area contributed by atoms with Crippen LogP contribution >= 0.6 is 11.8 Å². The van der Waals surface area contributed by atoms with Gasteiger partial charge in [0.05, 0.1) is 21.8 Å². The highest BCUT2D eigenvalue weighted by Crippen LogP contribution is 2.45. The Balaban J connectivity index is 1.70. The van der Waals surface area contributed by atoms with Gasteiger partial charge in [0.1, 0.15) is 6.54 Å². The van der Waals surface area contributed by atoms with E-state index in [0.717, 1.165) is 6.54 Å². The number of rotatable bonds is 4. The van der Waals surface area contributed by atoms with Crippen molar-refractivity contribution < 1.29 is 4.57 Å². The van der Waals surface area contributed by atoms with Crippen molar-refractivity contribution in [2.75, 3.05) is 11.9 Å². The summed E-state index contributed by atoms with van der Waals surface area (Å²) in [6, 6.07) is 17.7. The van der Waals surface area contributed by atoms with Gasteiger partial charge < -0.3 is 4.90 Å². The van der Waals surface area contributed by atoms with Gasteiger partial charge in [-0.3, -0.25) is 0 Å². The summed E-state index contributed by atoms with van der Waals surface area (Å²) in [5.41, 5.74) is 8.02. The van der Waals surface area contributed by atoms with Gasteiger partial charge in [-0.1, -0.05) is 49.4 Å². The highest BCUT2D eigenvalue weighted by Gasteiger charge is 2.25. The molecule has 0 saturated carbocycles. The molecule has 0 spiro atoms. The molecule has 4 rings (SSSR count). The van der Waals surface area contributed by atoms with Crippen LogP contribution in [0.1, 0.15) is 36.7 Å². The minimum absolute atomic E-state index is 1.11. The molecule has 0 amide bonds. The molecule has 0 radical (unpaired) electrons. The molecule has 2 heterocycles. The molecule has 27 heavy (non-hydrogen) atoms. The van der Waals surface area contributed by atoms with E-state index in [1.165, 1.54) is 56.5 Å². The van der Waals surface area contributed by atoms with Crippen molar-refractivity contribution in [3.8, 4) is 11.1 Å². The standard InChI is InChI=1S/C24H27N2S/c1-5-6-15-26-17(2)20-13-11-19(12-14-21(20)18(26)3)16-24-25(4)22-9-7-8-10-23(22)27-24/h7-14,16H,5-6,15H2,1-4H3/q+1. The van der Waals surface area contributed by atoms with Gasteiger partial charge >= 0.3 is 0 Å². The molecule has 138 valence electrons. The molecule has 1 aliphatic carbocycles. The first-order chi connectivity index (χ1) is 13.1. The fraction of sp³-hybridized carbons (Fsp3) is 0.292. The summed E-state index contributed by atoms with van der Waals surface area (Å²) in [4.78, 5) is 3.61. The van der Waals surface area contributed by atoms with Crippen molar-refractivity contribution in [1.82, 2.24) is 0 Å². The molecule has 2 aliphatic heterocycles. The monoisotopic (exact) mass is 375 g/mol. The number of benzene rings is 1. The molecule has 3 heteroatoms. The predicted molar refractivity (Wildman–Crippen MR) is 116 cm³/mol. The van der Waals surface area contributed by atoms with Crippen LogP contribution in [0.4, 0.5) is 5.69 Å². The molecular formula is C24H27N2S+. The van der Waals surface area contributed by atoms with E-state index in [1.807, 2.05) is 11.8 Å². The molecule has 3 aliphatic rings. The lowest BCUT2D eigenvalue weighted by Gasteiger charge is -2.12. The minimum atomic E-state index is 1.11. The number of para-hydroxylation sites is 1. The minimum Gasteiger partial charge on any atom is -0.338 e. The average Bonchev–Trinajstić information content (AvgIpc) is 2.98. The molecule has 2 nitrogen and oxygen atoms in total. The molecule has 0 atom stereocenters. The Kier molecular flexibility index (Phi) is 4.96. The summed E-state index contributed by atoms with van der Waals surface area (Å²) >= 11 is 1.84. The Morgan fingerprint density at radius 1 is 0.963 bits per heavy atom. The second-order valence-corrected chi connectivity index (χ2v) is 8.34. The van der Waals surface area contributed by atoms with Crippen LogP contribution in [-0.4, -0.2) is 7.05 Å². The van der Waals surface area contributed by atoms with Crippen LogP contribution in [0, 0.1) is 13.8 Å². The van der Waals surface area contributed by atoms with E-state index >= 15 is 0 Å². The molecule has 0 bridgehead atoms. The van der Waals surface area contributed by atoms with E-state index in [0.29, 0.717) is 0 Å². The fourth-order valence-corrected chi connectivity index (χ4v) is 5.02. The molecule has 0 saturated heterocycles. The highest BCUT2D eigenvalue weighted by molar-refractivity contribution is 8.03. The summed E-state index contributed by atoms with van der Waals surface area (Å²) in [5.74, 6) is 0. The summed E-state index contributed by atoms with van der Waals surface area (Å²) < 4.78 is 2.48. The van der Waals surface area contributed by atoms with Crippen molar-refractivity contribution in [3.63, 3.8) is 0 Å². The van der Waals surface area contributed by atoms with E-state index in [2.05, 4.69) is 91.9 Å². The number of hydrogen-bond acceptors (Lipinski definition) is 2. The second-order valence-electron chi connectivity index (χ2n) is 7.28. The van der Waals surface area contributed by atoms with Crippen molar-refractivity contribution in [2.45, 2.75) is 45.1 Å². The number of aromatic nitrogens is 1. The molecule has 1 aromatic carbocycles. The van der Waals surface area contributed by atoms with Gasteiger partial charge in [-0.25, -0.2) is 0 Å². The van der Waals surface area contributed by atoms with E-state index < -0.39 is 0 Å². The quantitative estimate of drug-likeness (QED) is 0.514. The van der Waals surface area contributed by atoms with Crippen LogP contribution in [0.25, 0.3) is 17.2 Å². The number of thioether (sulfide) groups is 1. The molecule has 0 aromatic heterocycles. The van der Waals surface area contributed by atoms with Crippen LogP contribution in [-0.2, 0) is 6.54 Å². The second kappa shape index (κ2) is 7.40. The topological polar surface area (TPSA) is 7.12 Å². The predicted octanol–water partition coefficient (Wildman–Crippen LogP) is 6.04. The van der Waals surface area contributed by atoms with Crippen LogP contribution in [0.5, 0.6) is 0 Å². The largest absolute Gasteiger partial charge is 0.338 e. The van der Waals surface area contributed by atoms with Crippen LogP contribution in [0.15, 0.2) is 58.5 Å². The third-order valence-corrected chi connectivity index (χ3v) is 6.73. The smallest absolute Gasteiger partial charge is 0.186 e. The van der Waals surface area contributed by atoms with Gasteiger partial charge in [-0.15, -0.1) is 0 Å². The lowest BCUT2D eigenvalue weighted by atomic mass is 10.1. The van der Waals surface area contributed by atoms with Gasteiger partial charge in [0.2, 0.25) is 0 Å². The normalized spacial score (nSPS) is 15.0. The van der Waals surface area contributed by atoms with Crippen LogP contribution in [0.2, 0.25) is 0 Å². The SMILES string of the molecule is CCCC[n+]1c(C)c2ccc(/C=C3/Sc4ccccc4N3C)ccc-2c1C. The van der Waals surface area contributed by atoms with Gasteiger partial charge in [-0.05, 0) is 35.9 Å². The first-order valence-electron chi connectivity index (χ1n) is 9.75. The summed E-state index contributed by atoms with van der Waals surface area (Å²) in [5, 5.41) is 1.27. The molecular weight excluding hydrogens is 348 g/mol. The fourth-order valence-electron chi connectivity index (χ4n) is 3.90. The zero-order valence-corrected chi connectivity index (χ0v) is 17.4. The van der Waals surface area contributed by atoms with Gasteiger partial charge in [0.15, 0.2) is 11.4 Å². The third-order valence-electron chi connectivity index (χ3n) is 5.56. The number of fused-ring (bicyclic) bond motifs is 2. The molecule has 0 fully saturated rings. The Labute approximate surface area is 166 Å². The molecule has 1 aromatic rings. The summed E-state index contributed by atoms with van der Waals surface area (Å²) in [6.07, 6.45) is 4.75. The van der Waals surface area contributed by atoms with Crippen LogP contribution in [0.3, 0.4) is 0 Å². The molecule has 0 N–H and O–H groups in total. The number of anilines is 1. The Hall–Kier alpha value is -2.26. The van der Waals surface area contributed by atoms with E-state index in [-0.39, 0.29) is 0 Å². The Bertz CT molecular complexity index is 950. The zero-order chi connectivity index (χ0) is 19.0. The first-order valence-corrected chi connectivity index (χ1v) is 10.6. The maximum Gasteiger partial charge on any atom is 0.186 e. The van der Waals surface area contributed by atoms with Crippen molar-refractivity contribution in [1.29, 1.82) is 0 Å². The first kappa shape index (κ1) is 18.1. The summed E-state index contributed by atoms with van der Waals surface area (Å²) in [6.45, 7) is 7.87. The maximum atomic E-state index is 2.48. The lowest BCUT2D eigenvalue weighted by molar-refractivity contribution is -0.704. The summed E-state index contributed by atoms with van der Waals surface area (Å²) in [7, 11) is 2.15. The Morgan fingerprint density at radius 2 is 1.63 bits per heavy atom. The van der Waals surface area contributed by atoms with Crippen LogP contribution < -0.4 is 9.47 Å². The zero-order valence-electron chi connectivity index (χ0n) is 16.6. The third kappa shape index (κ3) is 3.25. The van der Waals surface area contributed by atoms with E-state index in [4.69, 9.17) is 0 Å². The maximum absolute atomic E-state index is 2.48. The van der Waals surface area contributed by atoms with Gasteiger partial charge in [0.25, 0.3) is 0 Å². The number of hydrogen-bond donors (Lipinski definition) is 0. The number of unbranched alkanes of at least 4 members (excludes halogenated alkanes) is 1. The van der Waals surface area contributed by atoms with Crippen molar-refractivity contribution in [2.24, 2.45) is 0 Å². The van der Waals surface area contributed by atoms with Gasteiger partial charge in [-0.2, -0.15) is 4.57 Å². The van der Waals surface area contributed by atoms with Crippen molar-refractivity contribution >= 4 is 23.5 Å². The molecule has 0 unspecified atom stereocenters. The van der Waals surface area contributed by atoms with E-state index in [9.17, 15) is 0 Å². The lowest BCUT2D eigenvalue weighted by Crippen LogP contribution is -2.37. The average molecular weight is 376 g/mol. The Morgan fingerprint density at radius 3 is 2.26 bits per heavy atom. The van der Waals surface area contributed by atoms with Crippen molar-refractivity contribution in [3.05, 3.63) is 70.5 Å².